The first-order valence-corrected chi connectivity index (χ1v) is 3.26. The van der Waals surface area contributed by atoms with Gasteiger partial charge in [-0.3, -0.25) is 4.90 Å². The molecule has 0 saturated carbocycles. The maximum absolute atomic E-state index is 2.50. The molecule has 2 heterocycles. The minimum atomic E-state index is 0.718. The highest BCUT2D eigenvalue weighted by Gasteiger charge is 2.47. The quantitative estimate of drug-likeness (QED) is 0.331. The Morgan fingerprint density at radius 3 is 2.25 bits per heavy atom. The number of nitrogens with zero attached hydrogens (tertiary/aromatic N) is 1. The van der Waals surface area contributed by atoms with Crippen LogP contribution in [0.5, 0.6) is 0 Å². The van der Waals surface area contributed by atoms with Gasteiger partial charge in [-0.15, -0.1) is 0 Å². The van der Waals surface area contributed by atoms with E-state index in [1.54, 1.807) is 0 Å². The lowest BCUT2D eigenvalue weighted by atomic mass is 10.2. The highest BCUT2D eigenvalue weighted by molar-refractivity contribution is 5.23. The van der Waals surface area contributed by atoms with Gasteiger partial charge in [0, 0.05) is 18.1 Å². The van der Waals surface area contributed by atoms with Crippen LogP contribution in [-0.2, 0) is 0 Å². The standard InChI is InChI=1S/C7H11N/c1-5-3-4-7-6(2)8(5)7/h3-7H,1-2H3/t5?,6?,7?,8-/m0/s1. The van der Waals surface area contributed by atoms with Gasteiger partial charge < -0.3 is 0 Å². The van der Waals surface area contributed by atoms with Crippen LogP contribution in [0.3, 0.4) is 0 Å². The summed E-state index contributed by atoms with van der Waals surface area (Å²) in [5.74, 6) is 0. The van der Waals surface area contributed by atoms with E-state index < -0.39 is 0 Å². The molecule has 0 aromatic rings. The topological polar surface area (TPSA) is 3.01 Å². The Kier molecular flexibility index (Phi) is 0.662. The summed E-state index contributed by atoms with van der Waals surface area (Å²) in [4.78, 5) is 2.50. The summed E-state index contributed by atoms with van der Waals surface area (Å²) in [6, 6.07) is 2.37. The van der Waals surface area contributed by atoms with Crippen molar-refractivity contribution in [1.29, 1.82) is 0 Å². The molecule has 1 nitrogen and oxygen atoms in total. The van der Waals surface area contributed by atoms with E-state index in [4.69, 9.17) is 0 Å². The summed E-state index contributed by atoms with van der Waals surface area (Å²) in [6.45, 7) is 4.53. The van der Waals surface area contributed by atoms with Gasteiger partial charge in [-0.25, -0.2) is 0 Å². The van der Waals surface area contributed by atoms with Crippen molar-refractivity contribution in [2.75, 3.05) is 0 Å². The molecule has 2 rings (SSSR count). The summed E-state index contributed by atoms with van der Waals surface area (Å²) in [5, 5.41) is 0. The van der Waals surface area contributed by atoms with Crippen LogP contribution in [0.2, 0.25) is 0 Å². The first-order valence-electron chi connectivity index (χ1n) is 3.26. The Morgan fingerprint density at radius 2 is 2.00 bits per heavy atom. The second kappa shape index (κ2) is 1.16. The third-order valence-corrected chi connectivity index (χ3v) is 2.28. The normalized spacial score (nSPS) is 58.8. The maximum atomic E-state index is 2.50. The Hall–Kier alpha value is -0.300. The van der Waals surface area contributed by atoms with Crippen molar-refractivity contribution in [3.05, 3.63) is 12.2 Å². The molecule has 2 aliphatic heterocycles. The molecule has 0 bridgehead atoms. The van der Waals surface area contributed by atoms with Gasteiger partial charge in [0.05, 0.1) is 0 Å². The van der Waals surface area contributed by atoms with Gasteiger partial charge in [0.15, 0.2) is 0 Å². The smallest absolute Gasteiger partial charge is 0.0441 e. The van der Waals surface area contributed by atoms with E-state index in [2.05, 4.69) is 30.9 Å². The molecule has 0 radical (unpaired) electrons. The fraction of sp³-hybridized carbons (Fsp3) is 0.714. The third kappa shape index (κ3) is 0.360. The van der Waals surface area contributed by atoms with Crippen molar-refractivity contribution in [2.24, 2.45) is 0 Å². The molecule has 8 heavy (non-hydrogen) atoms. The van der Waals surface area contributed by atoms with Crippen molar-refractivity contribution < 1.29 is 0 Å². The van der Waals surface area contributed by atoms with E-state index in [0.717, 1.165) is 18.1 Å². The minimum absolute atomic E-state index is 0.718. The Labute approximate surface area is 50.0 Å². The van der Waals surface area contributed by atoms with Crippen LogP contribution in [0, 0.1) is 0 Å². The molecule has 0 aromatic carbocycles. The van der Waals surface area contributed by atoms with E-state index in [9.17, 15) is 0 Å². The van der Waals surface area contributed by atoms with Crippen LogP contribution in [0.15, 0.2) is 12.2 Å². The van der Waals surface area contributed by atoms with E-state index in [0.29, 0.717) is 0 Å². The lowest BCUT2D eigenvalue weighted by Gasteiger charge is -2.02. The molecule has 1 fully saturated rings. The average molecular weight is 109 g/mol. The number of rotatable bonds is 0. The number of hydrogen-bond donors (Lipinski definition) is 0. The molecule has 0 N–H and O–H groups in total. The third-order valence-electron chi connectivity index (χ3n) is 2.28. The molecule has 0 spiro atoms. The lowest BCUT2D eigenvalue weighted by Crippen LogP contribution is -2.09. The van der Waals surface area contributed by atoms with Gasteiger partial charge >= 0.3 is 0 Å². The van der Waals surface area contributed by atoms with Crippen molar-refractivity contribution in [2.45, 2.75) is 32.0 Å². The highest BCUT2D eigenvalue weighted by Crippen LogP contribution is 2.36. The molecule has 44 valence electrons. The predicted molar refractivity (Wildman–Crippen MR) is 33.7 cm³/mol. The number of hydrogen-bond acceptors (Lipinski definition) is 1. The fourth-order valence-corrected chi connectivity index (χ4v) is 1.67. The molecular formula is C7H11N. The molecule has 2 aliphatic rings. The lowest BCUT2D eigenvalue weighted by molar-refractivity contribution is 0.468. The van der Waals surface area contributed by atoms with Crippen molar-refractivity contribution in [3.8, 4) is 0 Å². The zero-order valence-electron chi connectivity index (χ0n) is 5.33. The minimum Gasteiger partial charge on any atom is -0.285 e. The van der Waals surface area contributed by atoms with Crippen LogP contribution in [0.25, 0.3) is 0 Å². The van der Waals surface area contributed by atoms with Crippen LogP contribution in [0.1, 0.15) is 13.8 Å². The SMILES string of the molecule is CC1C=CC2C(C)[N@]12. The maximum Gasteiger partial charge on any atom is 0.0441 e. The average Bonchev–Trinajstić information content (AvgIpc) is 2.13. The first-order chi connectivity index (χ1) is 3.80. The molecule has 3 unspecified atom stereocenters. The van der Waals surface area contributed by atoms with E-state index in [1.165, 1.54) is 0 Å². The zero-order chi connectivity index (χ0) is 5.72. The van der Waals surface area contributed by atoms with Crippen LogP contribution in [0.4, 0.5) is 0 Å². The van der Waals surface area contributed by atoms with Crippen molar-refractivity contribution >= 4 is 0 Å². The van der Waals surface area contributed by atoms with Crippen molar-refractivity contribution in [1.82, 2.24) is 4.90 Å². The van der Waals surface area contributed by atoms with Gasteiger partial charge in [-0.05, 0) is 13.8 Å². The summed E-state index contributed by atoms with van der Waals surface area (Å²) >= 11 is 0. The van der Waals surface area contributed by atoms with Gasteiger partial charge in [-0.1, -0.05) is 12.2 Å². The van der Waals surface area contributed by atoms with Gasteiger partial charge in [0.2, 0.25) is 0 Å². The second-order valence-electron chi connectivity index (χ2n) is 2.80. The van der Waals surface area contributed by atoms with Crippen LogP contribution < -0.4 is 0 Å². The van der Waals surface area contributed by atoms with E-state index in [-0.39, 0.29) is 0 Å². The molecule has 4 atom stereocenters. The van der Waals surface area contributed by atoms with E-state index >= 15 is 0 Å². The first kappa shape index (κ1) is 4.57. The van der Waals surface area contributed by atoms with Crippen molar-refractivity contribution in [3.63, 3.8) is 0 Å². The largest absolute Gasteiger partial charge is 0.285 e. The summed E-state index contributed by atoms with van der Waals surface area (Å²) in [7, 11) is 0. The molecule has 1 heteroatoms. The predicted octanol–water partition coefficient (Wildman–Crippen LogP) is 1.02. The number of fused-ring (bicyclic) bond motifs is 1. The van der Waals surface area contributed by atoms with E-state index in [1.807, 2.05) is 0 Å². The van der Waals surface area contributed by atoms with Crippen LogP contribution in [-0.4, -0.2) is 23.0 Å². The monoisotopic (exact) mass is 109 g/mol. The Balaban J connectivity index is 2.18. The van der Waals surface area contributed by atoms with Gasteiger partial charge in [0.1, 0.15) is 0 Å². The van der Waals surface area contributed by atoms with Gasteiger partial charge in [0.25, 0.3) is 0 Å². The summed E-state index contributed by atoms with van der Waals surface area (Å²) < 4.78 is 0. The second-order valence-corrected chi connectivity index (χ2v) is 2.80. The Bertz CT molecular complexity index is 137. The molecular weight excluding hydrogens is 98.1 g/mol. The summed E-state index contributed by atoms with van der Waals surface area (Å²) in [5.41, 5.74) is 0. The fourth-order valence-electron chi connectivity index (χ4n) is 1.67. The molecule has 0 aromatic heterocycles. The zero-order valence-corrected chi connectivity index (χ0v) is 5.33. The van der Waals surface area contributed by atoms with Gasteiger partial charge in [-0.2, -0.15) is 0 Å². The Morgan fingerprint density at radius 1 is 1.25 bits per heavy atom. The molecule has 1 saturated heterocycles. The molecule has 0 amide bonds. The van der Waals surface area contributed by atoms with Crippen LogP contribution >= 0.6 is 0 Å². The molecule has 0 aliphatic carbocycles. The highest BCUT2D eigenvalue weighted by atomic mass is 15.4. The summed E-state index contributed by atoms with van der Waals surface area (Å²) in [6.07, 6.45) is 4.60.